The van der Waals surface area contributed by atoms with Gasteiger partial charge in [0.15, 0.2) is 11.5 Å². The minimum absolute atomic E-state index is 0.00437. The lowest BCUT2D eigenvalue weighted by atomic mass is 10.2. The summed E-state index contributed by atoms with van der Waals surface area (Å²) in [5.41, 5.74) is 3.27. The van der Waals surface area contributed by atoms with E-state index in [0.29, 0.717) is 23.5 Å². The Morgan fingerprint density at radius 2 is 2.06 bits per heavy atom. The molecule has 0 fully saturated rings. The molecule has 3 rings (SSSR count). The number of halogens is 2. The molecule has 160 valence electrons. The summed E-state index contributed by atoms with van der Waals surface area (Å²) in [6.07, 6.45) is 2.82. The van der Waals surface area contributed by atoms with Crippen LogP contribution in [0, 0.1) is 15.9 Å². The van der Waals surface area contributed by atoms with Gasteiger partial charge in [0.05, 0.1) is 22.8 Å². The summed E-state index contributed by atoms with van der Waals surface area (Å²) in [4.78, 5) is 14.4. The summed E-state index contributed by atoms with van der Waals surface area (Å²) >= 11 is 6.36. The normalized spacial score (nSPS) is 10.8. The topological polar surface area (TPSA) is 98.9 Å². The summed E-state index contributed by atoms with van der Waals surface area (Å²) in [5.74, 6) is 0.258. The van der Waals surface area contributed by atoms with Crippen molar-refractivity contribution < 1.29 is 18.8 Å². The minimum Gasteiger partial charge on any atom is -0.490 e. The Labute approximate surface area is 182 Å². The predicted octanol–water partition coefficient (Wildman–Crippen LogP) is 5.21. The van der Waals surface area contributed by atoms with E-state index in [2.05, 4.69) is 15.5 Å². The van der Waals surface area contributed by atoms with Crippen molar-refractivity contribution >= 4 is 29.3 Å². The third-order valence-corrected chi connectivity index (χ3v) is 4.31. The number of rotatable bonds is 9. The van der Waals surface area contributed by atoms with Crippen LogP contribution in [0.1, 0.15) is 18.1 Å². The molecule has 0 aliphatic heterocycles. The highest BCUT2D eigenvalue weighted by Crippen LogP contribution is 2.37. The Kier molecular flexibility index (Phi) is 7.34. The number of pyridine rings is 1. The number of hydrogen-bond acceptors (Lipinski definition) is 7. The number of benzene rings is 2. The summed E-state index contributed by atoms with van der Waals surface area (Å²) < 4.78 is 25.2. The molecular weight excluding hydrogens is 427 g/mol. The highest BCUT2D eigenvalue weighted by atomic mass is 35.5. The van der Waals surface area contributed by atoms with Crippen molar-refractivity contribution in [3.05, 3.63) is 86.8 Å². The number of nitro groups is 1. The van der Waals surface area contributed by atoms with Crippen molar-refractivity contribution in [3.63, 3.8) is 0 Å². The molecule has 0 aliphatic rings. The summed E-state index contributed by atoms with van der Waals surface area (Å²) in [5, 5.41) is 15.3. The Morgan fingerprint density at radius 3 is 2.81 bits per heavy atom. The number of ether oxygens (including phenoxy) is 2. The van der Waals surface area contributed by atoms with Gasteiger partial charge in [-0.1, -0.05) is 29.8 Å². The van der Waals surface area contributed by atoms with Crippen LogP contribution in [-0.2, 0) is 6.61 Å². The van der Waals surface area contributed by atoms with Crippen LogP contribution in [-0.4, -0.2) is 22.7 Å². The maximum absolute atomic E-state index is 13.8. The number of nitrogens with one attached hydrogen (secondary N) is 1. The third kappa shape index (κ3) is 5.67. The van der Waals surface area contributed by atoms with E-state index in [-0.39, 0.29) is 34.7 Å². The molecule has 0 unspecified atom stereocenters. The van der Waals surface area contributed by atoms with E-state index in [4.69, 9.17) is 21.1 Å². The van der Waals surface area contributed by atoms with E-state index in [0.717, 1.165) is 0 Å². The highest BCUT2D eigenvalue weighted by molar-refractivity contribution is 6.32. The summed E-state index contributed by atoms with van der Waals surface area (Å²) in [6.45, 7) is 2.13. The molecule has 1 N–H and O–H groups in total. The first-order valence-corrected chi connectivity index (χ1v) is 9.58. The fourth-order valence-corrected chi connectivity index (χ4v) is 2.90. The number of hydrogen-bond donors (Lipinski definition) is 1. The molecule has 0 saturated heterocycles. The van der Waals surface area contributed by atoms with Crippen LogP contribution in [0.15, 0.2) is 59.8 Å². The van der Waals surface area contributed by atoms with Crippen LogP contribution in [0.25, 0.3) is 0 Å². The number of nitrogens with zero attached hydrogens (tertiary/aromatic N) is 3. The SMILES string of the molecule is CCOc1cc(/C=N\Nc2ncccc2[N+](=O)[O-])cc(Cl)c1OCc1ccccc1F. The third-order valence-electron chi connectivity index (χ3n) is 4.03. The van der Waals surface area contributed by atoms with Crippen molar-refractivity contribution in [2.75, 3.05) is 12.0 Å². The van der Waals surface area contributed by atoms with Crippen molar-refractivity contribution in [2.45, 2.75) is 13.5 Å². The zero-order valence-corrected chi connectivity index (χ0v) is 17.2. The smallest absolute Gasteiger partial charge is 0.313 e. The van der Waals surface area contributed by atoms with Gasteiger partial charge in [-0.05, 0) is 36.8 Å². The first-order valence-electron chi connectivity index (χ1n) is 9.20. The van der Waals surface area contributed by atoms with Gasteiger partial charge in [0, 0.05) is 17.8 Å². The molecule has 0 bridgehead atoms. The van der Waals surface area contributed by atoms with Crippen molar-refractivity contribution in [3.8, 4) is 11.5 Å². The Hall–Kier alpha value is -3.72. The average molecular weight is 445 g/mol. The van der Waals surface area contributed by atoms with Gasteiger partial charge in [-0.25, -0.2) is 9.37 Å². The lowest BCUT2D eigenvalue weighted by Gasteiger charge is -2.14. The molecule has 0 radical (unpaired) electrons. The van der Waals surface area contributed by atoms with E-state index >= 15 is 0 Å². The second-order valence-electron chi connectivity index (χ2n) is 6.14. The molecule has 10 heteroatoms. The molecule has 8 nitrogen and oxygen atoms in total. The van der Waals surface area contributed by atoms with E-state index < -0.39 is 4.92 Å². The molecule has 0 aliphatic carbocycles. The average Bonchev–Trinajstić information content (AvgIpc) is 2.75. The van der Waals surface area contributed by atoms with Gasteiger partial charge in [0.2, 0.25) is 5.82 Å². The first kappa shape index (κ1) is 22.0. The van der Waals surface area contributed by atoms with Crippen LogP contribution >= 0.6 is 11.6 Å². The van der Waals surface area contributed by atoms with Crippen LogP contribution in [0.5, 0.6) is 11.5 Å². The van der Waals surface area contributed by atoms with Crippen molar-refractivity contribution in [1.82, 2.24) is 4.98 Å². The minimum atomic E-state index is -0.559. The van der Waals surface area contributed by atoms with Gasteiger partial charge < -0.3 is 9.47 Å². The zero-order valence-electron chi connectivity index (χ0n) is 16.4. The van der Waals surface area contributed by atoms with Crippen LogP contribution in [0.2, 0.25) is 5.02 Å². The summed E-state index contributed by atoms with van der Waals surface area (Å²) in [7, 11) is 0. The monoisotopic (exact) mass is 444 g/mol. The molecule has 0 atom stereocenters. The van der Waals surface area contributed by atoms with Crippen molar-refractivity contribution in [2.24, 2.45) is 5.10 Å². The van der Waals surface area contributed by atoms with Gasteiger partial charge in [-0.2, -0.15) is 5.10 Å². The van der Waals surface area contributed by atoms with E-state index in [9.17, 15) is 14.5 Å². The van der Waals surface area contributed by atoms with Gasteiger partial charge in [-0.15, -0.1) is 0 Å². The fraction of sp³-hybridized carbons (Fsp3) is 0.143. The number of anilines is 1. The Morgan fingerprint density at radius 1 is 1.26 bits per heavy atom. The predicted molar refractivity (Wildman–Crippen MR) is 115 cm³/mol. The zero-order chi connectivity index (χ0) is 22.2. The second kappa shape index (κ2) is 10.4. The Balaban J connectivity index is 1.79. The van der Waals surface area contributed by atoms with Gasteiger partial charge in [0.1, 0.15) is 12.4 Å². The van der Waals surface area contributed by atoms with Crippen molar-refractivity contribution in [1.29, 1.82) is 0 Å². The van der Waals surface area contributed by atoms with Gasteiger partial charge in [-0.3, -0.25) is 15.5 Å². The lowest BCUT2D eigenvalue weighted by molar-refractivity contribution is -0.384. The molecular formula is C21H18ClFN4O4. The van der Waals surface area contributed by atoms with Crippen LogP contribution < -0.4 is 14.9 Å². The van der Waals surface area contributed by atoms with Gasteiger partial charge >= 0.3 is 5.69 Å². The standard InChI is InChI=1S/C21H18ClFN4O4/c1-2-30-19-11-14(12-25-26-21-18(27(28)29)8-5-9-24-21)10-16(22)20(19)31-13-15-6-3-4-7-17(15)23/h3-12H,2,13H2,1H3,(H,24,26)/b25-12-. The molecule has 1 heterocycles. The number of aromatic nitrogens is 1. The molecule has 31 heavy (non-hydrogen) atoms. The second-order valence-corrected chi connectivity index (χ2v) is 6.55. The molecule has 1 aromatic heterocycles. The lowest BCUT2D eigenvalue weighted by Crippen LogP contribution is -2.03. The molecule has 0 amide bonds. The largest absolute Gasteiger partial charge is 0.490 e. The molecule has 0 spiro atoms. The molecule has 0 saturated carbocycles. The first-order chi connectivity index (χ1) is 15.0. The Bertz CT molecular complexity index is 1110. The maximum atomic E-state index is 13.8. The maximum Gasteiger partial charge on any atom is 0.313 e. The van der Waals surface area contributed by atoms with E-state index in [1.807, 2.05) is 0 Å². The quantitative estimate of drug-likeness (QED) is 0.276. The van der Waals surface area contributed by atoms with E-state index in [1.54, 1.807) is 37.3 Å². The van der Waals surface area contributed by atoms with Crippen LogP contribution in [0.4, 0.5) is 15.9 Å². The highest BCUT2D eigenvalue weighted by Gasteiger charge is 2.15. The molecule has 2 aromatic carbocycles. The fourth-order valence-electron chi connectivity index (χ4n) is 2.63. The van der Waals surface area contributed by atoms with Gasteiger partial charge in [0.25, 0.3) is 0 Å². The van der Waals surface area contributed by atoms with Crippen LogP contribution in [0.3, 0.4) is 0 Å². The number of hydrazone groups is 1. The van der Waals surface area contributed by atoms with E-state index in [1.165, 1.54) is 30.6 Å². The molecule has 3 aromatic rings. The summed E-state index contributed by atoms with van der Waals surface area (Å²) in [6, 6.07) is 12.3.